The quantitative estimate of drug-likeness (QED) is 0.666. The first kappa shape index (κ1) is 10.9. The highest BCUT2D eigenvalue weighted by Crippen LogP contribution is 2.22. The van der Waals surface area contributed by atoms with Gasteiger partial charge in [-0.25, -0.2) is 0 Å². The number of nitrogens with zero attached hydrogens (tertiary/aromatic N) is 1. The molecule has 0 spiro atoms. The highest BCUT2D eigenvalue weighted by atomic mass is 16.2. The summed E-state index contributed by atoms with van der Waals surface area (Å²) in [6, 6.07) is -0.104. The van der Waals surface area contributed by atoms with E-state index in [2.05, 4.69) is 0 Å². The van der Waals surface area contributed by atoms with Gasteiger partial charge in [-0.3, -0.25) is 14.5 Å². The van der Waals surface area contributed by atoms with E-state index in [1.165, 1.54) is 4.90 Å². The molecule has 0 bridgehead atoms. The minimum atomic E-state index is -0.173. The molecule has 1 aliphatic rings. The first-order valence-corrected chi connectivity index (χ1v) is 4.76. The molecule has 0 radical (unpaired) electrons. The van der Waals surface area contributed by atoms with E-state index in [0.717, 1.165) is 0 Å². The van der Waals surface area contributed by atoms with Gasteiger partial charge in [-0.1, -0.05) is 0 Å². The Balaban J connectivity index is 2.86. The number of carbonyl (C=O) groups excluding carboxylic acids is 2. The van der Waals surface area contributed by atoms with E-state index in [1.54, 1.807) is 13.8 Å². The predicted octanol–water partition coefficient (Wildman–Crippen LogP) is 0.429. The molecule has 1 rings (SSSR count). The van der Waals surface area contributed by atoms with E-state index >= 15 is 0 Å². The lowest BCUT2D eigenvalue weighted by Gasteiger charge is -2.22. The summed E-state index contributed by atoms with van der Waals surface area (Å²) < 4.78 is 0. The fourth-order valence-corrected chi connectivity index (χ4v) is 1.55. The zero-order valence-corrected chi connectivity index (χ0v) is 8.83. The van der Waals surface area contributed by atoms with Crippen LogP contribution in [0.15, 0.2) is 11.1 Å². The van der Waals surface area contributed by atoms with Crippen LogP contribution in [0.25, 0.3) is 0 Å². The van der Waals surface area contributed by atoms with E-state index in [9.17, 15) is 9.59 Å². The molecule has 0 saturated carbocycles. The van der Waals surface area contributed by atoms with Gasteiger partial charge in [-0.15, -0.1) is 0 Å². The highest BCUT2D eigenvalue weighted by molar-refractivity contribution is 6.18. The van der Waals surface area contributed by atoms with E-state index < -0.39 is 0 Å². The molecule has 0 aliphatic carbocycles. The van der Waals surface area contributed by atoms with Crippen LogP contribution >= 0.6 is 0 Å². The van der Waals surface area contributed by atoms with Crippen LogP contribution in [0.5, 0.6) is 0 Å². The van der Waals surface area contributed by atoms with Crippen LogP contribution in [0.4, 0.5) is 0 Å². The van der Waals surface area contributed by atoms with Crippen molar-refractivity contribution in [3.8, 4) is 0 Å². The van der Waals surface area contributed by atoms with Crippen LogP contribution in [0, 0.1) is 0 Å². The molecule has 4 nitrogen and oxygen atoms in total. The van der Waals surface area contributed by atoms with Crippen molar-refractivity contribution in [2.75, 3.05) is 6.54 Å². The van der Waals surface area contributed by atoms with Crippen molar-refractivity contribution in [3.63, 3.8) is 0 Å². The topological polar surface area (TPSA) is 63.4 Å². The second kappa shape index (κ2) is 3.92. The van der Waals surface area contributed by atoms with Crippen molar-refractivity contribution in [2.45, 2.75) is 33.2 Å². The Morgan fingerprint density at radius 1 is 1.21 bits per heavy atom. The first-order valence-electron chi connectivity index (χ1n) is 4.76. The highest BCUT2D eigenvalue weighted by Gasteiger charge is 2.35. The molecule has 14 heavy (non-hydrogen) atoms. The largest absolute Gasteiger partial charge is 0.330 e. The number of hydrogen-bond acceptors (Lipinski definition) is 3. The Morgan fingerprint density at radius 3 is 2.00 bits per heavy atom. The minimum absolute atomic E-state index is 0.104. The predicted molar refractivity (Wildman–Crippen MR) is 53.4 cm³/mol. The SMILES string of the molecule is CC1=C(C)C(=O)N(C(C)CCN)C1=O. The van der Waals surface area contributed by atoms with Gasteiger partial charge in [-0.05, 0) is 33.7 Å². The molecule has 0 aromatic heterocycles. The summed E-state index contributed by atoms with van der Waals surface area (Å²) in [5.74, 6) is -0.345. The van der Waals surface area contributed by atoms with Gasteiger partial charge in [0.15, 0.2) is 0 Å². The average molecular weight is 196 g/mol. The minimum Gasteiger partial charge on any atom is -0.330 e. The molecule has 78 valence electrons. The molecule has 4 heteroatoms. The van der Waals surface area contributed by atoms with Crippen LogP contribution in [-0.4, -0.2) is 29.3 Å². The molecule has 0 aromatic carbocycles. The monoisotopic (exact) mass is 196 g/mol. The molecule has 1 heterocycles. The van der Waals surface area contributed by atoms with Gasteiger partial charge < -0.3 is 5.73 Å². The molecule has 1 unspecified atom stereocenters. The van der Waals surface area contributed by atoms with Crippen molar-refractivity contribution in [1.82, 2.24) is 4.90 Å². The lowest BCUT2D eigenvalue weighted by atomic mass is 10.2. The number of carbonyl (C=O) groups is 2. The average Bonchev–Trinajstić information content (AvgIpc) is 2.32. The Bertz CT molecular complexity index is 283. The maximum atomic E-state index is 11.6. The van der Waals surface area contributed by atoms with Gasteiger partial charge in [0.1, 0.15) is 0 Å². The second-order valence-corrected chi connectivity index (χ2v) is 3.66. The lowest BCUT2D eigenvalue weighted by Crippen LogP contribution is -2.40. The fraction of sp³-hybridized carbons (Fsp3) is 0.600. The summed E-state index contributed by atoms with van der Waals surface area (Å²) in [5.41, 5.74) is 6.50. The Kier molecular flexibility index (Phi) is 3.06. The fourth-order valence-electron chi connectivity index (χ4n) is 1.55. The molecular weight excluding hydrogens is 180 g/mol. The molecule has 2 amide bonds. The lowest BCUT2D eigenvalue weighted by molar-refractivity contribution is -0.139. The summed E-state index contributed by atoms with van der Waals surface area (Å²) >= 11 is 0. The van der Waals surface area contributed by atoms with Crippen LogP contribution in [0.2, 0.25) is 0 Å². The molecule has 0 aromatic rings. The Morgan fingerprint density at radius 2 is 1.64 bits per heavy atom. The van der Waals surface area contributed by atoms with Gasteiger partial charge in [0.25, 0.3) is 11.8 Å². The number of nitrogens with two attached hydrogens (primary N) is 1. The summed E-state index contributed by atoms with van der Waals surface area (Å²) in [5, 5.41) is 0. The number of hydrogen-bond donors (Lipinski definition) is 1. The maximum absolute atomic E-state index is 11.6. The van der Waals surface area contributed by atoms with E-state index in [0.29, 0.717) is 24.1 Å². The van der Waals surface area contributed by atoms with Crippen LogP contribution in [0.3, 0.4) is 0 Å². The summed E-state index contributed by atoms with van der Waals surface area (Å²) in [6.45, 7) is 5.69. The summed E-state index contributed by atoms with van der Waals surface area (Å²) in [4.78, 5) is 24.6. The number of rotatable bonds is 3. The molecule has 0 fully saturated rings. The molecule has 1 aliphatic heterocycles. The van der Waals surface area contributed by atoms with Crippen molar-refractivity contribution < 1.29 is 9.59 Å². The van der Waals surface area contributed by atoms with Crippen molar-refractivity contribution >= 4 is 11.8 Å². The van der Waals surface area contributed by atoms with Gasteiger partial charge in [0.05, 0.1) is 0 Å². The van der Waals surface area contributed by atoms with Crippen LogP contribution < -0.4 is 5.73 Å². The molecule has 1 atom stereocenters. The maximum Gasteiger partial charge on any atom is 0.257 e. The molecular formula is C10H16N2O2. The zero-order chi connectivity index (χ0) is 10.9. The van der Waals surface area contributed by atoms with Gasteiger partial charge in [0.2, 0.25) is 0 Å². The number of amides is 2. The third-order valence-electron chi connectivity index (χ3n) is 2.67. The van der Waals surface area contributed by atoms with Crippen molar-refractivity contribution in [3.05, 3.63) is 11.1 Å². The zero-order valence-electron chi connectivity index (χ0n) is 8.83. The van der Waals surface area contributed by atoms with E-state index in [1.807, 2.05) is 6.92 Å². The first-order chi connectivity index (χ1) is 6.50. The Labute approximate surface area is 83.8 Å². The van der Waals surface area contributed by atoms with Crippen LogP contribution in [-0.2, 0) is 9.59 Å². The smallest absolute Gasteiger partial charge is 0.257 e. The Hall–Kier alpha value is -1.16. The van der Waals surface area contributed by atoms with Gasteiger partial charge in [-0.2, -0.15) is 0 Å². The normalized spacial score (nSPS) is 19.6. The molecule has 2 N–H and O–H groups in total. The van der Waals surface area contributed by atoms with Gasteiger partial charge in [0, 0.05) is 17.2 Å². The summed E-state index contributed by atoms with van der Waals surface area (Å²) in [6.07, 6.45) is 0.651. The van der Waals surface area contributed by atoms with E-state index in [4.69, 9.17) is 5.73 Å². The standard InChI is InChI=1S/C10H16N2O2/c1-6(4-5-11)12-9(13)7(2)8(3)10(12)14/h6H,4-5,11H2,1-3H3. The number of imide groups is 1. The van der Waals surface area contributed by atoms with Crippen molar-refractivity contribution in [2.24, 2.45) is 5.73 Å². The second-order valence-electron chi connectivity index (χ2n) is 3.66. The third-order valence-corrected chi connectivity index (χ3v) is 2.67. The van der Waals surface area contributed by atoms with Gasteiger partial charge >= 0.3 is 0 Å². The van der Waals surface area contributed by atoms with Crippen molar-refractivity contribution in [1.29, 1.82) is 0 Å². The molecule has 0 saturated heterocycles. The van der Waals surface area contributed by atoms with E-state index in [-0.39, 0.29) is 17.9 Å². The van der Waals surface area contributed by atoms with Crippen LogP contribution in [0.1, 0.15) is 27.2 Å². The summed E-state index contributed by atoms with van der Waals surface area (Å²) in [7, 11) is 0. The third kappa shape index (κ3) is 1.57.